The second kappa shape index (κ2) is 3.09. The number of rotatable bonds is 1. The van der Waals surface area contributed by atoms with Crippen molar-refractivity contribution in [2.45, 2.75) is 33.2 Å². The molecular weight excluding hydrogens is 166 g/mol. The molecule has 13 heavy (non-hydrogen) atoms. The molecule has 0 amide bonds. The summed E-state index contributed by atoms with van der Waals surface area (Å²) < 4.78 is 5.25. The van der Waals surface area contributed by atoms with E-state index in [1.54, 1.807) is 6.92 Å². The largest absolute Gasteiger partial charge is 0.417 e. The number of oxazole rings is 1. The van der Waals surface area contributed by atoms with E-state index < -0.39 is 0 Å². The number of aryl methyl sites for hydroxylation is 1. The second-order valence-electron chi connectivity index (χ2n) is 3.87. The second-order valence-corrected chi connectivity index (χ2v) is 3.87. The lowest BCUT2D eigenvalue weighted by Crippen LogP contribution is -2.25. The van der Waals surface area contributed by atoms with Crippen LogP contribution in [0.5, 0.6) is 0 Å². The summed E-state index contributed by atoms with van der Waals surface area (Å²) in [6.45, 7) is 14.6. The Kier molecular flexibility index (Phi) is 2.28. The van der Waals surface area contributed by atoms with Crippen molar-refractivity contribution in [3.63, 3.8) is 0 Å². The predicted octanol–water partition coefficient (Wildman–Crippen LogP) is 2.74. The zero-order valence-corrected chi connectivity index (χ0v) is 8.30. The van der Waals surface area contributed by atoms with Crippen LogP contribution < -0.4 is 5.32 Å². The molecular formula is C9H13N3O. The third-order valence-corrected chi connectivity index (χ3v) is 1.31. The highest BCUT2D eigenvalue weighted by atomic mass is 16.4. The van der Waals surface area contributed by atoms with E-state index in [4.69, 9.17) is 11.0 Å². The van der Waals surface area contributed by atoms with Gasteiger partial charge in [0.15, 0.2) is 0 Å². The van der Waals surface area contributed by atoms with E-state index in [0.29, 0.717) is 17.6 Å². The van der Waals surface area contributed by atoms with Gasteiger partial charge in [0, 0.05) is 12.5 Å². The van der Waals surface area contributed by atoms with Crippen LogP contribution >= 0.6 is 0 Å². The third kappa shape index (κ3) is 2.48. The maximum Gasteiger partial charge on any atom is 0.333 e. The number of hydrogen-bond acceptors (Lipinski definition) is 3. The van der Waals surface area contributed by atoms with E-state index in [-0.39, 0.29) is 5.54 Å². The zero-order valence-electron chi connectivity index (χ0n) is 8.30. The molecule has 0 saturated carbocycles. The number of aromatic nitrogens is 1. The van der Waals surface area contributed by atoms with Crippen molar-refractivity contribution in [3.05, 3.63) is 17.3 Å². The first-order valence-corrected chi connectivity index (χ1v) is 4.05. The fourth-order valence-electron chi connectivity index (χ4n) is 0.914. The first-order valence-electron chi connectivity index (χ1n) is 4.05. The van der Waals surface area contributed by atoms with Gasteiger partial charge in [0.1, 0.15) is 0 Å². The van der Waals surface area contributed by atoms with Crippen LogP contribution in [-0.2, 0) is 0 Å². The highest BCUT2D eigenvalue weighted by Gasteiger charge is 2.18. The van der Waals surface area contributed by atoms with Crippen LogP contribution in [0.15, 0.2) is 4.42 Å². The first-order chi connectivity index (χ1) is 5.92. The number of nitrogens with zero attached hydrogens (tertiary/aromatic N) is 2. The molecule has 0 fully saturated rings. The molecule has 0 unspecified atom stereocenters. The van der Waals surface area contributed by atoms with Gasteiger partial charge in [-0.2, -0.15) is 0 Å². The molecule has 70 valence electrons. The van der Waals surface area contributed by atoms with Gasteiger partial charge in [-0.25, -0.2) is 0 Å². The van der Waals surface area contributed by atoms with Gasteiger partial charge in [0.2, 0.25) is 5.88 Å². The summed E-state index contributed by atoms with van der Waals surface area (Å²) in [5.41, 5.74) is -0.120. The topological polar surface area (TPSA) is 42.4 Å². The average molecular weight is 179 g/mol. The highest BCUT2D eigenvalue weighted by molar-refractivity contribution is 5.59. The lowest BCUT2D eigenvalue weighted by molar-refractivity contribution is 0.509. The van der Waals surface area contributed by atoms with Crippen molar-refractivity contribution in [2.75, 3.05) is 5.32 Å². The molecule has 0 aliphatic carbocycles. The maximum absolute atomic E-state index is 6.87. The predicted molar refractivity (Wildman–Crippen MR) is 50.9 cm³/mol. The molecule has 0 aliphatic heterocycles. The summed E-state index contributed by atoms with van der Waals surface area (Å²) >= 11 is 0. The number of nitrogens with one attached hydrogen (secondary N) is 1. The van der Waals surface area contributed by atoms with Gasteiger partial charge in [-0.15, -0.1) is 0 Å². The van der Waals surface area contributed by atoms with Crippen LogP contribution in [-0.4, -0.2) is 10.5 Å². The maximum atomic E-state index is 6.87. The minimum Gasteiger partial charge on any atom is -0.417 e. The van der Waals surface area contributed by atoms with Crippen molar-refractivity contribution >= 4 is 11.7 Å². The highest BCUT2D eigenvalue weighted by Crippen LogP contribution is 2.27. The van der Waals surface area contributed by atoms with Gasteiger partial charge >= 0.3 is 5.82 Å². The summed E-state index contributed by atoms with van der Waals surface area (Å²) in [5, 5.41) is 3.08. The van der Waals surface area contributed by atoms with E-state index in [9.17, 15) is 0 Å². The first kappa shape index (κ1) is 9.59. The average Bonchev–Trinajstić information content (AvgIpc) is 2.27. The van der Waals surface area contributed by atoms with Crippen LogP contribution in [0.1, 0.15) is 26.7 Å². The summed E-state index contributed by atoms with van der Waals surface area (Å²) in [7, 11) is 0. The van der Waals surface area contributed by atoms with E-state index in [0.717, 1.165) is 0 Å². The molecule has 1 rings (SSSR count). The summed E-state index contributed by atoms with van der Waals surface area (Å²) in [6.07, 6.45) is 0. The minimum atomic E-state index is -0.120. The van der Waals surface area contributed by atoms with Gasteiger partial charge < -0.3 is 14.6 Å². The third-order valence-electron chi connectivity index (χ3n) is 1.31. The van der Waals surface area contributed by atoms with Gasteiger partial charge in [0.25, 0.3) is 5.89 Å². The van der Waals surface area contributed by atoms with Crippen LogP contribution in [0.3, 0.4) is 0 Å². The molecule has 1 heterocycles. The Morgan fingerprint density at radius 2 is 2.08 bits per heavy atom. The quantitative estimate of drug-likeness (QED) is 0.674. The van der Waals surface area contributed by atoms with Crippen molar-refractivity contribution in [2.24, 2.45) is 0 Å². The number of hydrogen-bond donors (Lipinski definition) is 1. The SMILES string of the molecule is [C-]#[N+]c1nc(C)oc1NC(C)(C)C. The van der Waals surface area contributed by atoms with Crippen molar-refractivity contribution in [3.8, 4) is 0 Å². The van der Waals surface area contributed by atoms with Crippen LogP contribution in [0, 0.1) is 13.5 Å². The van der Waals surface area contributed by atoms with Crippen molar-refractivity contribution in [1.82, 2.24) is 4.98 Å². The fraction of sp³-hybridized carbons (Fsp3) is 0.556. The minimum absolute atomic E-state index is 0.120. The molecule has 4 nitrogen and oxygen atoms in total. The molecule has 0 aromatic carbocycles. The molecule has 0 spiro atoms. The molecule has 0 saturated heterocycles. The van der Waals surface area contributed by atoms with Gasteiger partial charge in [0.05, 0.1) is 0 Å². The molecule has 0 radical (unpaired) electrons. The molecule has 1 N–H and O–H groups in total. The standard InChI is InChI=1S/C9H13N3O/c1-6-11-7(10-5)8(13-6)12-9(2,3)4/h12H,1-4H3. The molecule has 1 aromatic rings. The van der Waals surface area contributed by atoms with E-state index in [2.05, 4.69) is 15.1 Å². The lowest BCUT2D eigenvalue weighted by atomic mass is 10.1. The fourth-order valence-corrected chi connectivity index (χ4v) is 0.914. The Bertz CT molecular complexity index is 341. The number of anilines is 1. The van der Waals surface area contributed by atoms with Gasteiger partial charge in [-0.05, 0) is 20.8 Å². The van der Waals surface area contributed by atoms with Crippen LogP contribution in [0.25, 0.3) is 4.85 Å². The monoisotopic (exact) mass is 179 g/mol. The Morgan fingerprint density at radius 1 is 1.46 bits per heavy atom. The van der Waals surface area contributed by atoms with E-state index >= 15 is 0 Å². The Hall–Kier alpha value is -1.50. The molecule has 1 aromatic heterocycles. The summed E-state index contributed by atoms with van der Waals surface area (Å²) in [4.78, 5) is 7.19. The Labute approximate surface area is 77.8 Å². The smallest absolute Gasteiger partial charge is 0.333 e. The molecule has 0 bridgehead atoms. The molecule has 4 heteroatoms. The van der Waals surface area contributed by atoms with E-state index in [1.807, 2.05) is 20.8 Å². The van der Waals surface area contributed by atoms with Crippen LogP contribution in [0.4, 0.5) is 11.7 Å². The normalized spacial score (nSPS) is 11.0. The zero-order chi connectivity index (χ0) is 10.1. The van der Waals surface area contributed by atoms with E-state index in [1.165, 1.54) is 0 Å². The molecule has 0 aliphatic rings. The Balaban J connectivity index is 2.95. The summed E-state index contributed by atoms with van der Waals surface area (Å²) in [6, 6.07) is 0. The van der Waals surface area contributed by atoms with Crippen molar-refractivity contribution in [1.29, 1.82) is 0 Å². The van der Waals surface area contributed by atoms with Crippen molar-refractivity contribution < 1.29 is 4.42 Å². The van der Waals surface area contributed by atoms with Gasteiger partial charge in [-0.1, -0.05) is 11.6 Å². The lowest BCUT2D eigenvalue weighted by Gasteiger charge is -2.19. The van der Waals surface area contributed by atoms with Crippen LogP contribution in [0.2, 0.25) is 0 Å². The summed E-state index contributed by atoms with van der Waals surface area (Å²) in [5.74, 6) is 1.27. The Morgan fingerprint density at radius 3 is 2.54 bits per heavy atom. The van der Waals surface area contributed by atoms with Gasteiger partial charge in [-0.3, -0.25) is 0 Å². The molecule has 0 atom stereocenters.